The lowest BCUT2D eigenvalue weighted by atomic mass is 9.73. The average Bonchev–Trinajstić information content (AvgIpc) is 3.32. The highest BCUT2D eigenvalue weighted by Crippen LogP contribution is 2.34. The molecule has 0 spiro atoms. The number of rotatable bonds is 4. The molecule has 2 amide bonds. The quantitative estimate of drug-likeness (QED) is 0.490. The number of alkyl halides is 3. The fraction of sp³-hybridized carbons (Fsp3) is 0.320. The number of carbonyl (C=O) groups excluding carboxylic acids is 1. The van der Waals surface area contributed by atoms with Gasteiger partial charge in [-0.25, -0.2) is 14.3 Å². The lowest BCUT2D eigenvalue weighted by Gasteiger charge is -2.41. The summed E-state index contributed by atoms with van der Waals surface area (Å²) in [5, 5.41) is 14.5. The van der Waals surface area contributed by atoms with Crippen molar-refractivity contribution in [1.29, 1.82) is 0 Å². The van der Waals surface area contributed by atoms with Gasteiger partial charge < -0.3 is 15.7 Å². The van der Waals surface area contributed by atoms with E-state index in [-0.39, 0.29) is 11.4 Å². The van der Waals surface area contributed by atoms with Crippen molar-refractivity contribution in [3.8, 4) is 5.69 Å². The molecule has 11 heteroatoms. The van der Waals surface area contributed by atoms with Crippen LogP contribution in [-0.4, -0.2) is 57.6 Å². The van der Waals surface area contributed by atoms with E-state index in [0.717, 1.165) is 24.1 Å². The molecular formula is C25H28F3N5O3. The van der Waals surface area contributed by atoms with Crippen molar-refractivity contribution in [2.75, 3.05) is 25.0 Å². The highest BCUT2D eigenvalue weighted by atomic mass is 19.4. The van der Waals surface area contributed by atoms with Crippen LogP contribution in [0.4, 0.5) is 23.8 Å². The standard InChI is InChI=1S/C23H27N5O.C2HF3O2/c1-18-7-5-6-10-20(18)28-21(11-14-25-28)26-22(29)27-15-12-23(17-24,13-16-27)19-8-3-2-4-9-19;3-2(4,5)1(6)7/h2-11,14H,12-13,15-17,24H2,1H3,(H,26,29);(H,6,7). The number of carboxylic acids is 1. The lowest BCUT2D eigenvalue weighted by molar-refractivity contribution is -0.192. The van der Waals surface area contributed by atoms with E-state index in [2.05, 4.69) is 34.7 Å². The summed E-state index contributed by atoms with van der Waals surface area (Å²) in [6, 6.07) is 20.1. The fourth-order valence-corrected chi connectivity index (χ4v) is 4.12. The molecule has 0 aliphatic carbocycles. The molecule has 3 aromatic rings. The maximum atomic E-state index is 12.9. The van der Waals surface area contributed by atoms with E-state index in [9.17, 15) is 18.0 Å². The molecule has 8 nitrogen and oxygen atoms in total. The third-order valence-corrected chi connectivity index (χ3v) is 6.25. The Morgan fingerprint density at radius 2 is 1.64 bits per heavy atom. The number of hydrogen-bond acceptors (Lipinski definition) is 4. The van der Waals surface area contributed by atoms with E-state index in [4.69, 9.17) is 15.6 Å². The van der Waals surface area contributed by atoms with Gasteiger partial charge in [-0.05, 0) is 37.0 Å². The Morgan fingerprint density at radius 3 is 2.19 bits per heavy atom. The van der Waals surface area contributed by atoms with Crippen molar-refractivity contribution in [2.45, 2.75) is 31.4 Å². The van der Waals surface area contributed by atoms with Crippen LogP contribution >= 0.6 is 0 Å². The largest absolute Gasteiger partial charge is 0.490 e. The van der Waals surface area contributed by atoms with Crippen LogP contribution in [0.25, 0.3) is 5.69 Å². The number of benzene rings is 2. The minimum absolute atomic E-state index is 0.0546. The maximum absolute atomic E-state index is 12.9. The number of halogens is 3. The summed E-state index contributed by atoms with van der Waals surface area (Å²) in [5.74, 6) is -2.09. The summed E-state index contributed by atoms with van der Waals surface area (Å²) in [7, 11) is 0. The van der Waals surface area contributed by atoms with Crippen molar-refractivity contribution in [3.63, 3.8) is 0 Å². The SMILES string of the molecule is Cc1ccccc1-n1nccc1NC(=O)N1CCC(CN)(c2ccccc2)CC1.O=C(O)C(F)(F)F. The molecule has 2 heterocycles. The monoisotopic (exact) mass is 503 g/mol. The van der Waals surface area contributed by atoms with E-state index in [1.165, 1.54) is 5.56 Å². The minimum Gasteiger partial charge on any atom is -0.475 e. The number of aliphatic carboxylic acids is 1. The predicted molar refractivity (Wildman–Crippen MR) is 129 cm³/mol. The number of para-hydroxylation sites is 1. The Bertz CT molecular complexity index is 1170. The van der Waals surface area contributed by atoms with Gasteiger partial charge in [0.25, 0.3) is 0 Å². The molecule has 1 fully saturated rings. The highest BCUT2D eigenvalue weighted by molar-refractivity contribution is 5.88. The number of nitrogens with two attached hydrogens (primary N) is 1. The molecule has 0 saturated carbocycles. The van der Waals surface area contributed by atoms with Gasteiger partial charge in [0.15, 0.2) is 0 Å². The van der Waals surface area contributed by atoms with E-state index in [1.807, 2.05) is 48.2 Å². The number of carbonyl (C=O) groups is 2. The molecular weight excluding hydrogens is 475 g/mol. The Hall–Kier alpha value is -3.86. The molecule has 4 N–H and O–H groups in total. The second-order valence-electron chi connectivity index (χ2n) is 8.49. The number of nitrogens with one attached hydrogen (secondary N) is 1. The number of amides is 2. The van der Waals surface area contributed by atoms with Crippen molar-refractivity contribution in [3.05, 3.63) is 78.0 Å². The van der Waals surface area contributed by atoms with Crippen LogP contribution in [0.3, 0.4) is 0 Å². The molecule has 1 aromatic heterocycles. The van der Waals surface area contributed by atoms with E-state index >= 15 is 0 Å². The van der Waals surface area contributed by atoms with Crippen LogP contribution in [-0.2, 0) is 10.2 Å². The smallest absolute Gasteiger partial charge is 0.475 e. The van der Waals surface area contributed by atoms with Crippen LogP contribution < -0.4 is 11.1 Å². The summed E-state index contributed by atoms with van der Waals surface area (Å²) in [6.07, 6.45) is -1.66. The Labute approximate surface area is 206 Å². The first-order valence-corrected chi connectivity index (χ1v) is 11.3. The van der Waals surface area contributed by atoms with Crippen molar-refractivity contribution < 1.29 is 27.9 Å². The van der Waals surface area contributed by atoms with Gasteiger partial charge >= 0.3 is 18.2 Å². The third kappa shape index (κ3) is 6.22. The molecule has 0 bridgehead atoms. The van der Waals surface area contributed by atoms with Crippen LogP contribution in [0.1, 0.15) is 24.0 Å². The lowest BCUT2D eigenvalue weighted by Crippen LogP contribution is -2.49. The number of likely N-dealkylation sites (tertiary alicyclic amines) is 1. The number of aromatic nitrogens is 2. The normalized spacial score (nSPS) is 15.0. The molecule has 0 unspecified atom stereocenters. The predicted octanol–water partition coefficient (Wildman–Crippen LogP) is 4.34. The minimum atomic E-state index is -5.08. The fourth-order valence-electron chi connectivity index (χ4n) is 4.12. The molecule has 1 aliphatic heterocycles. The second-order valence-corrected chi connectivity index (χ2v) is 8.49. The average molecular weight is 504 g/mol. The molecule has 1 saturated heterocycles. The van der Waals surface area contributed by atoms with Crippen LogP contribution in [0.15, 0.2) is 66.9 Å². The molecule has 1 aliphatic rings. The number of piperidine rings is 1. The van der Waals surface area contributed by atoms with Gasteiger partial charge in [0.2, 0.25) is 0 Å². The summed E-state index contributed by atoms with van der Waals surface area (Å²) in [5.41, 5.74) is 9.43. The summed E-state index contributed by atoms with van der Waals surface area (Å²) in [4.78, 5) is 23.7. The van der Waals surface area contributed by atoms with E-state index in [0.29, 0.717) is 25.5 Å². The first kappa shape index (κ1) is 26.7. The van der Waals surface area contributed by atoms with E-state index < -0.39 is 12.1 Å². The number of anilines is 1. The van der Waals surface area contributed by atoms with Crippen molar-refractivity contribution >= 4 is 17.8 Å². The molecule has 0 atom stereocenters. The molecule has 0 radical (unpaired) electrons. The van der Waals surface area contributed by atoms with Gasteiger partial charge in [0.05, 0.1) is 11.9 Å². The highest BCUT2D eigenvalue weighted by Gasteiger charge is 2.38. The summed E-state index contributed by atoms with van der Waals surface area (Å²) in [6.45, 7) is 3.97. The topological polar surface area (TPSA) is 113 Å². The van der Waals surface area contributed by atoms with Crippen LogP contribution in [0.2, 0.25) is 0 Å². The van der Waals surface area contributed by atoms with Gasteiger partial charge in [0, 0.05) is 31.1 Å². The molecule has 192 valence electrons. The van der Waals surface area contributed by atoms with Crippen LogP contribution in [0.5, 0.6) is 0 Å². The van der Waals surface area contributed by atoms with Crippen molar-refractivity contribution in [2.24, 2.45) is 5.73 Å². The van der Waals surface area contributed by atoms with E-state index in [1.54, 1.807) is 10.9 Å². The van der Waals surface area contributed by atoms with Gasteiger partial charge in [-0.3, -0.25) is 5.32 Å². The first-order valence-electron chi connectivity index (χ1n) is 11.3. The summed E-state index contributed by atoms with van der Waals surface area (Å²) < 4.78 is 33.5. The summed E-state index contributed by atoms with van der Waals surface area (Å²) >= 11 is 0. The molecule has 4 rings (SSSR count). The zero-order valence-corrected chi connectivity index (χ0v) is 19.7. The molecule has 36 heavy (non-hydrogen) atoms. The second kappa shape index (κ2) is 11.3. The Morgan fingerprint density at radius 1 is 1.06 bits per heavy atom. The zero-order valence-electron chi connectivity index (χ0n) is 19.7. The Kier molecular flexibility index (Phi) is 8.36. The number of nitrogens with zero attached hydrogens (tertiary/aromatic N) is 3. The first-order chi connectivity index (χ1) is 17.1. The maximum Gasteiger partial charge on any atom is 0.490 e. The van der Waals surface area contributed by atoms with Gasteiger partial charge in [-0.15, -0.1) is 0 Å². The van der Waals surface area contributed by atoms with Crippen molar-refractivity contribution in [1.82, 2.24) is 14.7 Å². The van der Waals surface area contributed by atoms with Gasteiger partial charge in [-0.2, -0.15) is 18.3 Å². The zero-order chi connectivity index (χ0) is 26.3. The number of aryl methyl sites for hydroxylation is 1. The molecule has 2 aromatic carbocycles. The third-order valence-electron chi connectivity index (χ3n) is 6.25. The van der Waals surface area contributed by atoms with Gasteiger partial charge in [0.1, 0.15) is 5.82 Å². The number of carboxylic acid groups (broad SMARTS) is 1. The Balaban J connectivity index is 0.000000454. The number of hydrogen-bond donors (Lipinski definition) is 3. The number of urea groups is 1. The van der Waals surface area contributed by atoms with Crippen LogP contribution in [0, 0.1) is 6.92 Å². The van der Waals surface area contributed by atoms with Gasteiger partial charge in [-0.1, -0.05) is 48.5 Å².